The first-order valence-corrected chi connectivity index (χ1v) is 5.77. The molecule has 0 bridgehead atoms. The van der Waals surface area contributed by atoms with E-state index >= 15 is 0 Å². The van der Waals surface area contributed by atoms with E-state index in [-0.39, 0.29) is 6.61 Å². The molecule has 0 saturated carbocycles. The molecule has 19 heavy (non-hydrogen) atoms. The Morgan fingerprint density at radius 2 is 2.05 bits per heavy atom. The molecule has 96 valence electrons. The van der Waals surface area contributed by atoms with Gasteiger partial charge in [0.05, 0.1) is 11.6 Å². The zero-order valence-corrected chi connectivity index (χ0v) is 10.5. The first-order chi connectivity index (χ1) is 9.10. The zero-order chi connectivity index (χ0) is 13.8. The van der Waals surface area contributed by atoms with Gasteiger partial charge in [0.25, 0.3) is 0 Å². The fraction of sp³-hybridized carbons (Fsp3) is 0.133. The highest BCUT2D eigenvalue weighted by atomic mass is 19.1. The fourth-order valence-electron chi connectivity index (χ4n) is 1.63. The number of ether oxygens (including phenoxy) is 1. The number of nitriles is 1. The van der Waals surface area contributed by atoms with E-state index < -0.39 is 5.82 Å². The van der Waals surface area contributed by atoms with Crippen molar-refractivity contribution in [3.8, 4) is 11.8 Å². The molecule has 0 aromatic heterocycles. The van der Waals surface area contributed by atoms with E-state index in [1.807, 2.05) is 13.0 Å². The third-order valence-electron chi connectivity index (χ3n) is 2.82. The van der Waals surface area contributed by atoms with Gasteiger partial charge in [-0.1, -0.05) is 6.07 Å². The maximum absolute atomic E-state index is 13.6. The van der Waals surface area contributed by atoms with Gasteiger partial charge in [-0.2, -0.15) is 5.26 Å². The van der Waals surface area contributed by atoms with Crippen molar-refractivity contribution in [2.24, 2.45) is 0 Å². The highest BCUT2D eigenvalue weighted by Gasteiger charge is 2.05. The van der Waals surface area contributed by atoms with E-state index in [4.69, 9.17) is 15.7 Å². The number of anilines is 1. The van der Waals surface area contributed by atoms with E-state index in [0.29, 0.717) is 22.6 Å². The predicted molar refractivity (Wildman–Crippen MR) is 71.0 cm³/mol. The molecule has 0 atom stereocenters. The molecule has 0 radical (unpaired) electrons. The highest BCUT2D eigenvalue weighted by Crippen LogP contribution is 2.20. The average Bonchev–Trinajstić information content (AvgIpc) is 2.41. The minimum Gasteiger partial charge on any atom is -0.489 e. The van der Waals surface area contributed by atoms with Gasteiger partial charge in [-0.3, -0.25) is 0 Å². The molecule has 0 spiro atoms. The minimum absolute atomic E-state index is 0.112. The van der Waals surface area contributed by atoms with Crippen LogP contribution in [0.5, 0.6) is 5.75 Å². The smallest absolute Gasteiger partial charge is 0.131 e. The highest BCUT2D eigenvalue weighted by molar-refractivity contribution is 5.49. The van der Waals surface area contributed by atoms with Gasteiger partial charge in [-0.15, -0.1) is 0 Å². The van der Waals surface area contributed by atoms with Crippen molar-refractivity contribution in [1.29, 1.82) is 5.26 Å². The van der Waals surface area contributed by atoms with Gasteiger partial charge in [-0.25, -0.2) is 4.39 Å². The van der Waals surface area contributed by atoms with Crippen LogP contribution < -0.4 is 10.5 Å². The molecule has 0 aliphatic heterocycles. The lowest BCUT2D eigenvalue weighted by Gasteiger charge is -2.09. The van der Waals surface area contributed by atoms with Gasteiger partial charge in [0.1, 0.15) is 18.2 Å². The van der Waals surface area contributed by atoms with Crippen LogP contribution in [0.1, 0.15) is 16.7 Å². The molecule has 0 heterocycles. The Balaban J connectivity index is 2.10. The van der Waals surface area contributed by atoms with Crippen LogP contribution in [-0.4, -0.2) is 0 Å². The van der Waals surface area contributed by atoms with Gasteiger partial charge in [-0.05, 0) is 42.8 Å². The second-order valence-corrected chi connectivity index (χ2v) is 4.23. The lowest BCUT2D eigenvalue weighted by molar-refractivity contribution is 0.299. The van der Waals surface area contributed by atoms with Crippen LogP contribution in [-0.2, 0) is 6.61 Å². The lowest BCUT2D eigenvalue weighted by Crippen LogP contribution is -1.99. The third-order valence-corrected chi connectivity index (χ3v) is 2.82. The zero-order valence-electron chi connectivity index (χ0n) is 10.5. The predicted octanol–water partition coefficient (Wildman–Crippen LogP) is 3.17. The Labute approximate surface area is 111 Å². The Hall–Kier alpha value is -2.54. The molecule has 0 saturated heterocycles. The number of nitrogens with zero attached hydrogens (tertiary/aromatic N) is 1. The van der Waals surface area contributed by atoms with Gasteiger partial charge < -0.3 is 10.5 Å². The summed E-state index contributed by atoms with van der Waals surface area (Å²) < 4.78 is 19.1. The second-order valence-electron chi connectivity index (χ2n) is 4.23. The van der Waals surface area contributed by atoms with Gasteiger partial charge in [0, 0.05) is 11.3 Å². The molecular weight excluding hydrogens is 243 g/mol. The number of halogens is 1. The normalized spacial score (nSPS) is 9.95. The molecule has 2 aromatic rings. The molecular formula is C15H13FN2O. The van der Waals surface area contributed by atoms with E-state index in [1.54, 1.807) is 30.3 Å². The van der Waals surface area contributed by atoms with Crippen molar-refractivity contribution in [3.05, 3.63) is 58.9 Å². The molecule has 0 aliphatic carbocycles. The van der Waals surface area contributed by atoms with Gasteiger partial charge >= 0.3 is 0 Å². The molecule has 0 unspecified atom stereocenters. The average molecular weight is 256 g/mol. The van der Waals surface area contributed by atoms with E-state index in [0.717, 1.165) is 5.56 Å². The molecule has 2 rings (SSSR count). The first-order valence-electron chi connectivity index (χ1n) is 5.77. The summed E-state index contributed by atoms with van der Waals surface area (Å²) in [5.41, 5.74) is 8.02. The van der Waals surface area contributed by atoms with Crippen molar-refractivity contribution in [3.63, 3.8) is 0 Å². The number of nitrogens with two attached hydrogens (primary N) is 1. The fourth-order valence-corrected chi connectivity index (χ4v) is 1.63. The number of hydrogen-bond donors (Lipinski definition) is 1. The molecule has 0 aliphatic rings. The van der Waals surface area contributed by atoms with Crippen LogP contribution in [0.4, 0.5) is 10.1 Å². The van der Waals surface area contributed by atoms with E-state index in [1.165, 1.54) is 6.07 Å². The van der Waals surface area contributed by atoms with Crippen LogP contribution in [0.3, 0.4) is 0 Å². The van der Waals surface area contributed by atoms with Crippen LogP contribution in [0.25, 0.3) is 0 Å². The second kappa shape index (κ2) is 5.40. The third kappa shape index (κ3) is 3.02. The molecule has 0 fully saturated rings. The topological polar surface area (TPSA) is 59.0 Å². The van der Waals surface area contributed by atoms with Crippen molar-refractivity contribution >= 4 is 5.69 Å². The largest absolute Gasteiger partial charge is 0.489 e. The number of nitrogen functional groups attached to an aromatic ring is 1. The quantitative estimate of drug-likeness (QED) is 0.858. The summed E-state index contributed by atoms with van der Waals surface area (Å²) in [4.78, 5) is 0. The minimum atomic E-state index is -0.439. The maximum atomic E-state index is 13.6. The summed E-state index contributed by atoms with van der Waals surface area (Å²) in [6.45, 7) is 1.99. The van der Waals surface area contributed by atoms with Crippen LogP contribution in [0.2, 0.25) is 0 Å². The summed E-state index contributed by atoms with van der Waals surface area (Å²) in [6, 6.07) is 11.5. The summed E-state index contributed by atoms with van der Waals surface area (Å²) in [7, 11) is 0. The summed E-state index contributed by atoms with van der Waals surface area (Å²) in [5, 5.41) is 8.66. The van der Waals surface area contributed by atoms with Crippen LogP contribution >= 0.6 is 0 Å². The van der Waals surface area contributed by atoms with Crippen LogP contribution in [0, 0.1) is 24.1 Å². The van der Waals surface area contributed by atoms with Crippen molar-refractivity contribution in [1.82, 2.24) is 0 Å². The first kappa shape index (κ1) is 12.9. The van der Waals surface area contributed by atoms with Gasteiger partial charge in [0.2, 0.25) is 0 Å². The SMILES string of the molecule is Cc1cc(OCc2ccc(C#N)cc2F)ccc1N. The molecule has 2 N–H and O–H groups in total. The number of hydrogen-bond acceptors (Lipinski definition) is 3. The summed E-state index contributed by atoms with van der Waals surface area (Å²) in [5.74, 6) is 0.196. The van der Waals surface area contributed by atoms with Crippen molar-refractivity contribution in [2.75, 3.05) is 5.73 Å². The molecule has 2 aromatic carbocycles. The maximum Gasteiger partial charge on any atom is 0.131 e. The van der Waals surface area contributed by atoms with E-state index in [2.05, 4.69) is 0 Å². The summed E-state index contributed by atoms with van der Waals surface area (Å²) in [6.07, 6.45) is 0. The van der Waals surface area contributed by atoms with E-state index in [9.17, 15) is 4.39 Å². The number of benzene rings is 2. The number of rotatable bonds is 3. The standard InChI is InChI=1S/C15H13FN2O/c1-10-6-13(4-5-15(10)18)19-9-12-3-2-11(8-17)7-14(12)16/h2-7H,9,18H2,1H3. The van der Waals surface area contributed by atoms with Crippen LogP contribution in [0.15, 0.2) is 36.4 Å². The Morgan fingerprint density at radius 1 is 1.26 bits per heavy atom. The molecule has 0 amide bonds. The lowest BCUT2D eigenvalue weighted by atomic mass is 10.1. The Morgan fingerprint density at radius 3 is 2.68 bits per heavy atom. The molecule has 3 nitrogen and oxygen atoms in total. The number of aryl methyl sites for hydroxylation is 1. The van der Waals surface area contributed by atoms with Crippen molar-refractivity contribution in [2.45, 2.75) is 13.5 Å². The Bertz CT molecular complexity index is 647. The van der Waals surface area contributed by atoms with Gasteiger partial charge in [0.15, 0.2) is 0 Å². The summed E-state index contributed by atoms with van der Waals surface area (Å²) >= 11 is 0. The Kier molecular flexibility index (Phi) is 3.67. The molecule has 4 heteroatoms. The monoisotopic (exact) mass is 256 g/mol. The van der Waals surface area contributed by atoms with Crippen molar-refractivity contribution < 1.29 is 9.13 Å².